The Morgan fingerprint density at radius 1 is 1.16 bits per heavy atom. The van der Waals surface area contributed by atoms with Gasteiger partial charge < -0.3 is 10.1 Å². The van der Waals surface area contributed by atoms with Gasteiger partial charge in [0, 0.05) is 12.2 Å². The molecule has 25 heavy (non-hydrogen) atoms. The maximum atomic E-state index is 12.1. The first kappa shape index (κ1) is 18.0. The number of ether oxygens (including phenoxy) is 1. The van der Waals surface area contributed by atoms with E-state index in [0.29, 0.717) is 9.80 Å². The van der Waals surface area contributed by atoms with Gasteiger partial charge in [-0.2, -0.15) is 8.78 Å². The van der Waals surface area contributed by atoms with E-state index in [1.807, 2.05) is 0 Å². The summed E-state index contributed by atoms with van der Waals surface area (Å²) >= 11 is 0. The van der Waals surface area contributed by atoms with E-state index in [9.17, 15) is 28.0 Å². The van der Waals surface area contributed by atoms with Crippen LogP contribution in [0.5, 0.6) is 5.75 Å². The Bertz CT molecular complexity index is 720. The van der Waals surface area contributed by atoms with Crippen molar-refractivity contribution in [2.45, 2.75) is 6.61 Å². The van der Waals surface area contributed by atoms with Gasteiger partial charge in [-0.1, -0.05) is 6.08 Å². The van der Waals surface area contributed by atoms with Crippen LogP contribution in [0.2, 0.25) is 0 Å². The molecular formula is C15H13F2N3O5. The molecular weight excluding hydrogens is 340 g/mol. The number of carbonyl (C=O) groups excluding carboxylic acids is 4. The Hall–Kier alpha value is -3.30. The average Bonchev–Trinajstić information content (AvgIpc) is 2.74. The van der Waals surface area contributed by atoms with E-state index in [1.54, 1.807) is 0 Å². The molecule has 0 aromatic heterocycles. The fourth-order valence-electron chi connectivity index (χ4n) is 2.04. The number of imide groups is 2. The number of carbonyl (C=O) groups is 4. The van der Waals surface area contributed by atoms with Crippen LogP contribution in [0.15, 0.2) is 36.9 Å². The molecule has 0 bridgehead atoms. The van der Waals surface area contributed by atoms with Crippen LogP contribution in [0.4, 0.5) is 19.3 Å². The maximum Gasteiger partial charge on any atom is 0.387 e. The molecule has 0 radical (unpaired) electrons. The lowest BCUT2D eigenvalue weighted by atomic mass is 10.3. The quantitative estimate of drug-likeness (QED) is 0.451. The first-order valence-corrected chi connectivity index (χ1v) is 6.96. The minimum absolute atomic E-state index is 0.0939. The zero-order valence-electron chi connectivity index (χ0n) is 12.8. The van der Waals surface area contributed by atoms with Gasteiger partial charge in [-0.05, 0) is 24.3 Å². The number of rotatable bonds is 7. The minimum atomic E-state index is -2.97. The minimum Gasteiger partial charge on any atom is -0.435 e. The molecule has 1 aromatic carbocycles. The lowest BCUT2D eigenvalue weighted by Crippen LogP contribution is -2.39. The maximum absolute atomic E-state index is 12.1. The number of alkyl halides is 2. The van der Waals surface area contributed by atoms with Crippen LogP contribution in [-0.4, -0.2) is 53.3 Å². The van der Waals surface area contributed by atoms with Gasteiger partial charge in [0.05, 0.1) is 0 Å². The van der Waals surface area contributed by atoms with E-state index < -0.39 is 36.9 Å². The molecule has 8 nitrogen and oxygen atoms in total. The molecule has 0 aliphatic carbocycles. The standard InChI is InChI=1S/C15H13F2N3O5/c1-2-7-19-12(22)13(23)20(15(19)24)8-11(21)18-9-3-5-10(6-4-9)25-14(16)17/h2-6,14H,1,7-8H2,(H,18,21). The highest BCUT2D eigenvalue weighted by atomic mass is 19.3. The van der Waals surface area contributed by atoms with E-state index in [-0.39, 0.29) is 18.0 Å². The molecule has 0 spiro atoms. The topological polar surface area (TPSA) is 96.0 Å². The van der Waals surface area contributed by atoms with Gasteiger partial charge in [0.1, 0.15) is 12.3 Å². The monoisotopic (exact) mass is 353 g/mol. The first-order chi connectivity index (χ1) is 11.8. The van der Waals surface area contributed by atoms with Crippen LogP contribution in [-0.2, 0) is 14.4 Å². The smallest absolute Gasteiger partial charge is 0.387 e. The number of hydrogen-bond acceptors (Lipinski definition) is 5. The second-order valence-electron chi connectivity index (χ2n) is 4.83. The summed E-state index contributed by atoms with van der Waals surface area (Å²) in [6, 6.07) is 4.12. The van der Waals surface area contributed by atoms with Crippen molar-refractivity contribution in [2.75, 3.05) is 18.4 Å². The number of nitrogens with one attached hydrogen (secondary N) is 1. The lowest BCUT2D eigenvalue weighted by molar-refractivity contribution is -0.143. The number of urea groups is 1. The highest BCUT2D eigenvalue weighted by Crippen LogP contribution is 2.18. The van der Waals surface area contributed by atoms with Crippen LogP contribution < -0.4 is 10.1 Å². The predicted octanol–water partition coefficient (Wildman–Crippen LogP) is 1.20. The molecule has 1 saturated heterocycles. The Morgan fingerprint density at radius 2 is 1.76 bits per heavy atom. The molecule has 1 N–H and O–H groups in total. The van der Waals surface area contributed by atoms with Gasteiger partial charge in [-0.15, -0.1) is 6.58 Å². The molecule has 132 valence electrons. The van der Waals surface area contributed by atoms with Crippen molar-refractivity contribution in [3.8, 4) is 5.75 Å². The Labute approximate surface area is 140 Å². The second-order valence-corrected chi connectivity index (χ2v) is 4.83. The van der Waals surface area contributed by atoms with Gasteiger partial charge in [0.15, 0.2) is 0 Å². The molecule has 1 fully saturated rings. The van der Waals surface area contributed by atoms with E-state index in [4.69, 9.17) is 0 Å². The summed E-state index contributed by atoms with van der Waals surface area (Å²) in [7, 11) is 0. The molecule has 10 heteroatoms. The summed E-state index contributed by atoms with van der Waals surface area (Å²) in [5.74, 6) is -2.98. The number of anilines is 1. The Kier molecular flexibility index (Phi) is 5.42. The predicted molar refractivity (Wildman–Crippen MR) is 80.7 cm³/mol. The summed E-state index contributed by atoms with van der Waals surface area (Å²) in [5, 5.41) is 2.37. The molecule has 1 aliphatic rings. The number of benzene rings is 1. The SMILES string of the molecule is C=CCN1C(=O)C(=O)N(CC(=O)Nc2ccc(OC(F)F)cc2)C1=O. The van der Waals surface area contributed by atoms with Crippen molar-refractivity contribution in [1.82, 2.24) is 9.80 Å². The van der Waals surface area contributed by atoms with Crippen LogP contribution in [0.1, 0.15) is 0 Å². The summed E-state index contributed by atoms with van der Waals surface area (Å²) in [4.78, 5) is 48.4. The fourth-order valence-corrected chi connectivity index (χ4v) is 2.04. The van der Waals surface area contributed by atoms with Crippen molar-refractivity contribution in [1.29, 1.82) is 0 Å². The summed E-state index contributed by atoms with van der Waals surface area (Å²) in [6.07, 6.45) is 1.27. The van der Waals surface area contributed by atoms with E-state index in [0.717, 1.165) is 0 Å². The Morgan fingerprint density at radius 3 is 2.32 bits per heavy atom. The molecule has 1 aliphatic heterocycles. The molecule has 2 rings (SSSR count). The summed E-state index contributed by atoms with van der Waals surface area (Å²) in [6.45, 7) is -0.402. The molecule has 5 amide bonds. The zero-order valence-corrected chi connectivity index (χ0v) is 12.8. The van der Waals surface area contributed by atoms with E-state index in [1.165, 1.54) is 30.3 Å². The van der Waals surface area contributed by atoms with E-state index >= 15 is 0 Å². The summed E-state index contributed by atoms with van der Waals surface area (Å²) in [5.41, 5.74) is 0.236. The van der Waals surface area contributed by atoms with Gasteiger partial charge in [0.25, 0.3) is 0 Å². The average molecular weight is 353 g/mol. The van der Waals surface area contributed by atoms with Crippen LogP contribution >= 0.6 is 0 Å². The normalized spacial score (nSPS) is 14.3. The largest absolute Gasteiger partial charge is 0.435 e. The Balaban J connectivity index is 1.98. The van der Waals surface area contributed by atoms with Gasteiger partial charge in [-0.3, -0.25) is 19.3 Å². The van der Waals surface area contributed by atoms with Crippen LogP contribution in [0.25, 0.3) is 0 Å². The third-order valence-corrected chi connectivity index (χ3v) is 3.11. The third-order valence-electron chi connectivity index (χ3n) is 3.11. The number of amides is 5. The molecule has 0 saturated carbocycles. The van der Waals surface area contributed by atoms with Crippen molar-refractivity contribution < 1.29 is 32.7 Å². The van der Waals surface area contributed by atoms with Gasteiger partial charge in [-0.25, -0.2) is 9.69 Å². The number of halogens is 2. The van der Waals surface area contributed by atoms with Gasteiger partial charge >= 0.3 is 24.5 Å². The van der Waals surface area contributed by atoms with Crippen molar-refractivity contribution in [3.63, 3.8) is 0 Å². The van der Waals surface area contributed by atoms with Crippen LogP contribution in [0.3, 0.4) is 0 Å². The third kappa shape index (κ3) is 4.16. The van der Waals surface area contributed by atoms with Crippen molar-refractivity contribution >= 4 is 29.4 Å². The van der Waals surface area contributed by atoms with Crippen molar-refractivity contribution in [2.24, 2.45) is 0 Å². The zero-order chi connectivity index (χ0) is 18.6. The van der Waals surface area contributed by atoms with E-state index in [2.05, 4.69) is 16.6 Å². The van der Waals surface area contributed by atoms with Crippen LogP contribution in [0, 0.1) is 0 Å². The molecule has 0 unspecified atom stereocenters. The molecule has 0 atom stereocenters. The summed E-state index contributed by atoms with van der Waals surface area (Å²) < 4.78 is 28.3. The molecule has 1 aromatic rings. The molecule has 1 heterocycles. The fraction of sp³-hybridized carbons (Fsp3) is 0.200. The lowest BCUT2D eigenvalue weighted by Gasteiger charge is -2.14. The van der Waals surface area contributed by atoms with Gasteiger partial charge in [0.2, 0.25) is 5.91 Å². The van der Waals surface area contributed by atoms with Crippen molar-refractivity contribution in [3.05, 3.63) is 36.9 Å². The number of hydrogen-bond donors (Lipinski definition) is 1. The number of nitrogens with zero attached hydrogens (tertiary/aromatic N) is 2. The highest BCUT2D eigenvalue weighted by molar-refractivity contribution is 6.45. The highest BCUT2D eigenvalue weighted by Gasteiger charge is 2.44. The second kappa shape index (κ2) is 7.51. The first-order valence-electron chi connectivity index (χ1n) is 6.96.